The lowest BCUT2D eigenvalue weighted by Gasteiger charge is -2.48. The van der Waals surface area contributed by atoms with Gasteiger partial charge in [-0.1, -0.05) is 24.6 Å². The van der Waals surface area contributed by atoms with Gasteiger partial charge in [0.05, 0.1) is 0 Å². The van der Waals surface area contributed by atoms with Gasteiger partial charge < -0.3 is 10.4 Å². The van der Waals surface area contributed by atoms with E-state index in [0.29, 0.717) is 35.8 Å². The Morgan fingerprint density at radius 1 is 1.10 bits per heavy atom. The van der Waals surface area contributed by atoms with Crippen LogP contribution in [0, 0.1) is 24.2 Å². The van der Waals surface area contributed by atoms with Crippen LogP contribution in [-0.4, -0.2) is 10.9 Å². The molecule has 3 aliphatic rings. The van der Waals surface area contributed by atoms with Crippen molar-refractivity contribution in [3.63, 3.8) is 0 Å². The molecular formula is C26H31NO2. The Morgan fingerprint density at radius 2 is 1.90 bits per heavy atom. The maximum absolute atomic E-state index is 12.5. The van der Waals surface area contributed by atoms with Gasteiger partial charge in [0.2, 0.25) is 0 Å². The van der Waals surface area contributed by atoms with Crippen molar-refractivity contribution in [1.82, 2.24) is 0 Å². The minimum atomic E-state index is -0.0780. The van der Waals surface area contributed by atoms with Crippen molar-refractivity contribution in [2.24, 2.45) is 17.3 Å². The van der Waals surface area contributed by atoms with Gasteiger partial charge in [0.25, 0.3) is 0 Å². The number of carbonyl (C=O) groups excluding carboxylic acids is 1. The fourth-order valence-corrected chi connectivity index (χ4v) is 6.44. The van der Waals surface area contributed by atoms with E-state index in [1.54, 1.807) is 0 Å². The molecule has 3 nitrogen and oxygen atoms in total. The molecule has 0 unspecified atom stereocenters. The zero-order chi connectivity index (χ0) is 20.2. The molecule has 2 saturated carbocycles. The van der Waals surface area contributed by atoms with Gasteiger partial charge in [0.1, 0.15) is 11.5 Å². The summed E-state index contributed by atoms with van der Waals surface area (Å²) in [6.45, 7) is 4.94. The molecule has 0 heterocycles. The molecular weight excluding hydrogens is 358 g/mol. The van der Waals surface area contributed by atoms with Crippen LogP contribution in [0.4, 0.5) is 5.69 Å². The number of rotatable bonds is 3. The maximum atomic E-state index is 12.5. The molecule has 0 radical (unpaired) electrons. The SMILES string of the molecule is Cc1ccc(NCc2cc3c(cc2O)CC[C@@H]2[C@@H]3CC[C@]3(C)C(=O)CC[C@@H]23)cc1. The van der Waals surface area contributed by atoms with Crippen LogP contribution in [0.15, 0.2) is 36.4 Å². The fourth-order valence-electron chi connectivity index (χ4n) is 6.44. The third-order valence-electron chi connectivity index (χ3n) is 8.17. The lowest BCUT2D eigenvalue weighted by Crippen LogP contribution is -2.42. The standard InChI is InChI=1S/C26H31NO2/c1-16-3-6-19(7-4-16)27-15-18-13-22-17(14-24(18)28)5-8-21-20(22)11-12-26(2)23(21)9-10-25(26)29/h3-4,6-7,13-14,20-21,23,27-28H,5,8-12,15H2,1-2H3/t20-,21+,23-,26-/m0/s1. The Hall–Kier alpha value is -2.29. The molecule has 29 heavy (non-hydrogen) atoms. The molecule has 3 heteroatoms. The van der Waals surface area contributed by atoms with Crippen LogP contribution in [-0.2, 0) is 17.8 Å². The predicted molar refractivity (Wildman–Crippen MR) is 116 cm³/mol. The summed E-state index contributed by atoms with van der Waals surface area (Å²) in [7, 11) is 0. The summed E-state index contributed by atoms with van der Waals surface area (Å²) < 4.78 is 0. The molecule has 0 bridgehead atoms. The number of fused-ring (bicyclic) bond motifs is 5. The molecule has 2 fully saturated rings. The van der Waals surface area contributed by atoms with E-state index in [2.05, 4.69) is 49.5 Å². The normalized spacial score (nSPS) is 30.4. The monoisotopic (exact) mass is 389 g/mol. The summed E-state index contributed by atoms with van der Waals surface area (Å²) in [5.41, 5.74) is 5.96. The second-order valence-corrected chi connectivity index (χ2v) is 9.73. The second-order valence-electron chi connectivity index (χ2n) is 9.73. The highest BCUT2D eigenvalue weighted by atomic mass is 16.3. The van der Waals surface area contributed by atoms with E-state index in [0.717, 1.165) is 49.8 Å². The minimum Gasteiger partial charge on any atom is -0.508 e. The molecule has 0 aromatic heterocycles. The highest BCUT2D eigenvalue weighted by Gasteiger charge is 2.54. The summed E-state index contributed by atoms with van der Waals surface area (Å²) in [6, 6.07) is 12.6. The first kappa shape index (κ1) is 18.7. The quantitative estimate of drug-likeness (QED) is 0.704. The van der Waals surface area contributed by atoms with Crippen LogP contribution in [0.25, 0.3) is 0 Å². The number of phenolic OH excluding ortho intramolecular Hbond substituents is 1. The van der Waals surface area contributed by atoms with Crippen molar-refractivity contribution >= 4 is 11.5 Å². The average molecular weight is 390 g/mol. The third kappa shape index (κ3) is 3.06. The van der Waals surface area contributed by atoms with E-state index >= 15 is 0 Å². The molecule has 5 rings (SSSR count). The van der Waals surface area contributed by atoms with E-state index in [1.165, 1.54) is 16.7 Å². The minimum absolute atomic E-state index is 0.0780. The lowest BCUT2D eigenvalue weighted by molar-refractivity contribution is -0.129. The summed E-state index contributed by atoms with van der Waals surface area (Å²) >= 11 is 0. The predicted octanol–water partition coefficient (Wildman–Crippen LogP) is 5.74. The molecule has 0 amide bonds. The largest absolute Gasteiger partial charge is 0.508 e. The first-order chi connectivity index (χ1) is 14.0. The van der Waals surface area contributed by atoms with Crippen molar-refractivity contribution < 1.29 is 9.90 Å². The molecule has 152 valence electrons. The number of aryl methyl sites for hydroxylation is 2. The number of anilines is 1. The molecule has 3 aliphatic carbocycles. The van der Waals surface area contributed by atoms with Crippen molar-refractivity contribution in [3.05, 3.63) is 58.7 Å². The van der Waals surface area contributed by atoms with Gasteiger partial charge in [0, 0.05) is 29.6 Å². The van der Waals surface area contributed by atoms with E-state index < -0.39 is 0 Å². The number of nitrogens with one attached hydrogen (secondary N) is 1. The number of ketones is 1. The number of benzene rings is 2. The second kappa shape index (κ2) is 6.90. The first-order valence-electron chi connectivity index (χ1n) is 11.1. The Balaban J connectivity index is 1.41. The number of Topliss-reactive ketones (excluding diaryl/α,β-unsaturated/α-hetero) is 1. The number of hydrogen-bond donors (Lipinski definition) is 2. The summed E-state index contributed by atoms with van der Waals surface area (Å²) in [5, 5.41) is 14.1. The topological polar surface area (TPSA) is 49.3 Å². The van der Waals surface area contributed by atoms with E-state index in [4.69, 9.17) is 0 Å². The number of carbonyl (C=O) groups is 1. The number of aromatic hydroxyl groups is 1. The number of hydrogen-bond acceptors (Lipinski definition) is 3. The van der Waals surface area contributed by atoms with Gasteiger partial charge in [-0.2, -0.15) is 0 Å². The van der Waals surface area contributed by atoms with Gasteiger partial charge in [0.15, 0.2) is 0 Å². The van der Waals surface area contributed by atoms with Crippen molar-refractivity contribution in [3.8, 4) is 5.75 Å². The first-order valence-corrected chi connectivity index (χ1v) is 11.1. The molecule has 0 spiro atoms. The van der Waals surface area contributed by atoms with Gasteiger partial charge in [-0.3, -0.25) is 4.79 Å². The van der Waals surface area contributed by atoms with Crippen molar-refractivity contribution in [2.45, 2.75) is 64.8 Å². The van der Waals surface area contributed by atoms with Gasteiger partial charge in [-0.05, 0) is 92.2 Å². The Kier molecular flexibility index (Phi) is 4.45. The van der Waals surface area contributed by atoms with Crippen LogP contribution >= 0.6 is 0 Å². The summed E-state index contributed by atoms with van der Waals surface area (Å²) in [6.07, 6.45) is 6.16. The number of phenols is 1. The highest BCUT2D eigenvalue weighted by Crippen LogP contribution is 2.59. The molecule has 2 N–H and O–H groups in total. The van der Waals surface area contributed by atoms with E-state index in [1.807, 2.05) is 6.07 Å². The zero-order valence-corrected chi connectivity index (χ0v) is 17.5. The summed E-state index contributed by atoms with van der Waals surface area (Å²) in [4.78, 5) is 12.5. The molecule has 2 aromatic rings. The summed E-state index contributed by atoms with van der Waals surface area (Å²) in [5.74, 6) is 2.61. The van der Waals surface area contributed by atoms with Gasteiger partial charge in [-0.15, -0.1) is 0 Å². The van der Waals surface area contributed by atoms with Crippen LogP contribution in [0.3, 0.4) is 0 Å². The van der Waals surface area contributed by atoms with Crippen molar-refractivity contribution in [1.29, 1.82) is 0 Å². The lowest BCUT2D eigenvalue weighted by atomic mass is 9.55. The molecule has 0 aliphatic heterocycles. The van der Waals surface area contributed by atoms with Crippen molar-refractivity contribution in [2.75, 3.05) is 5.32 Å². The average Bonchev–Trinajstić information content (AvgIpc) is 3.02. The van der Waals surface area contributed by atoms with E-state index in [-0.39, 0.29) is 5.41 Å². The van der Waals surface area contributed by atoms with Crippen LogP contribution in [0.1, 0.15) is 67.2 Å². The zero-order valence-electron chi connectivity index (χ0n) is 17.5. The Labute approximate surface area is 173 Å². The third-order valence-corrected chi connectivity index (χ3v) is 8.17. The molecule has 0 saturated heterocycles. The van der Waals surface area contributed by atoms with Crippen LogP contribution in [0.5, 0.6) is 5.75 Å². The Morgan fingerprint density at radius 3 is 2.69 bits per heavy atom. The highest BCUT2D eigenvalue weighted by molar-refractivity contribution is 5.87. The van der Waals surface area contributed by atoms with Crippen LogP contribution < -0.4 is 5.32 Å². The van der Waals surface area contributed by atoms with Gasteiger partial charge >= 0.3 is 0 Å². The molecule has 2 aromatic carbocycles. The maximum Gasteiger partial charge on any atom is 0.139 e. The fraction of sp³-hybridized carbons (Fsp3) is 0.500. The smallest absolute Gasteiger partial charge is 0.139 e. The van der Waals surface area contributed by atoms with Crippen LogP contribution in [0.2, 0.25) is 0 Å². The molecule has 4 atom stereocenters. The van der Waals surface area contributed by atoms with Gasteiger partial charge in [-0.25, -0.2) is 0 Å². The van der Waals surface area contributed by atoms with E-state index in [9.17, 15) is 9.90 Å². The Bertz CT molecular complexity index is 948.